The van der Waals surface area contributed by atoms with Crippen molar-refractivity contribution in [3.8, 4) is 0 Å². The summed E-state index contributed by atoms with van der Waals surface area (Å²) < 4.78 is 65.2. The molecule has 1 aromatic carbocycles. The van der Waals surface area contributed by atoms with Gasteiger partial charge in [-0.1, -0.05) is 12.1 Å². The average Bonchev–Trinajstić information content (AvgIpc) is 3.17. The number of nitrogens with zero attached hydrogens (tertiary/aromatic N) is 4. The predicted octanol–water partition coefficient (Wildman–Crippen LogP) is 1.62. The van der Waals surface area contributed by atoms with E-state index in [-0.39, 0.29) is 31.2 Å². The Balaban J connectivity index is 1.56. The molecule has 0 bridgehead atoms. The van der Waals surface area contributed by atoms with E-state index in [2.05, 4.69) is 15.5 Å². The Kier molecular flexibility index (Phi) is 6.96. The van der Waals surface area contributed by atoms with Crippen LogP contribution < -0.4 is 5.32 Å². The maximum atomic E-state index is 13.0. The molecular weight excluding hydrogens is 454 g/mol. The molecule has 3 rings (SSSR count). The number of alkyl halides is 3. The molecule has 32 heavy (non-hydrogen) atoms. The van der Waals surface area contributed by atoms with Gasteiger partial charge in [0.2, 0.25) is 17.6 Å². The zero-order valence-corrected chi connectivity index (χ0v) is 18.0. The minimum Gasteiger partial charge on any atom is -0.344 e. The number of hydrogen-bond acceptors (Lipinski definition) is 5. The zero-order valence-electron chi connectivity index (χ0n) is 17.2. The minimum absolute atomic E-state index is 0.000779. The Morgan fingerprint density at radius 2 is 1.81 bits per heavy atom. The first-order valence-electron chi connectivity index (χ1n) is 9.67. The van der Waals surface area contributed by atoms with Crippen molar-refractivity contribution in [1.29, 1.82) is 0 Å². The number of amides is 2. The van der Waals surface area contributed by atoms with Gasteiger partial charge in [-0.2, -0.15) is 13.2 Å². The lowest BCUT2D eigenvalue weighted by atomic mass is 10.2. The van der Waals surface area contributed by atoms with Crippen molar-refractivity contribution >= 4 is 22.6 Å². The highest BCUT2D eigenvalue weighted by atomic mass is 32.2. The molecule has 1 aromatic heterocycles. The highest BCUT2D eigenvalue weighted by Gasteiger charge is 2.40. The second kappa shape index (κ2) is 9.35. The van der Waals surface area contributed by atoms with Crippen LogP contribution in [0, 0.1) is 5.82 Å². The van der Waals surface area contributed by atoms with Crippen molar-refractivity contribution in [3.63, 3.8) is 0 Å². The van der Waals surface area contributed by atoms with E-state index in [1.165, 1.54) is 43.0 Å². The molecule has 0 aliphatic carbocycles. The number of aromatic nitrogens is 3. The molecule has 1 N–H and O–H groups in total. The van der Waals surface area contributed by atoms with Crippen molar-refractivity contribution < 1.29 is 31.4 Å². The van der Waals surface area contributed by atoms with Gasteiger partial charge in [0.05, 0.1) is 6.54 Å². The van der Waals surface area contributed by atoms with Crippen molar-refractivity contribution in [2.24, 2.45) is 0 Å². The number of hydrogen-bond donors (Lipinski definition) is 1. The fourth-order valence-corrected chi connectivity index (χ4v) is 4.29. The third kappa shape index (κ3) is 5.31. The van der Waals surface area contributed by atoms with Crippen molar-refractivity contribution in [1.82, 2.24) is 25.0 Å². The van der Waals surface area contributed by atoms with E-state index in [1.807, 2.05) is 0 Å². The Hall–Kier alpha value is -2.83. The van der Waals surface area contributed by atoms with E-state index < -0.39 is 51.7 Å². The number of rotatable bonds is 6. The molecule has 2 amide bonds. The average molecular weight is 475 g/mol. The van der Waals surface area contributed by atoms with E-state index in [0.717, 1.165) is 4.57 Å². The van der Waals surface area contributed by atoms with E-state index >= 15 is 0 Å². The lowest BCUT2D eigenvalue weighted by Gasteiger charge is -2.30. The summed E-state index contributed by atoms with van der Waals surface area (Å²) in [4.78, 5) is 26.4. The smallest absolute Gasteiger partial charge is 0.344 e. The molecule has 2 heterocycles. The first-order chi connectivity index (χ1) is 15.0. The molecule has 0 spiro atoms. The molecule has 1 aliphatic rings. The number of fused-ring (bicyclic) bond motifs is 1. The van der Waals surface area contributed by atoms with Gasteiger partial charge < -0.3 is 14.8 Å². The van der Waals surface area contributed by atoms with Crippen molar-refractivity contribution in [3.05, 3.63) is 47.3 Å². The number of benzene rings is 1. The number of carbonyl (C=O) groups excluding carboxylic acids is 2. The largest absolute Gasteiger partial charge is 0.451 e. The van der Waals surface area contributed by atoms with Gasteiger partial charge >= 0.3 is 6.18 Å². The summed E-state index contributed by atoms with van der Waals surface area (Å²) in [5, 5.41) is 8.25. The number of nitrogens with one attached hydrogen (secondary N) is 1. The Labute approximate surface area is 183 Å². The first kappa shape index (κ1) is 23.8. The Morgan fingerprint density at radius 3 is 2.44 bits per heavy atom. The van der Waals surface area contributed by atoms with Crippen molar-refractivity contribution in [2.75, 3.05) is 6.54 Å². The number of halogens is 4. The maximum Gasteiger partial charge on any atom is 0.451 e. The van der Waals surface area contributed by atoms with Gasteiger partial charge in [-0.3, -0.25) is 13.8 Å². The van der Waals surface area contributed by atoms with E-state index in [4.69, 9.17) is 0 Å². The van der Waals surface area contributed by atoms with Crippen LogP contribution in [0.3, 0.4) is 0 Å². The number of carbonyl (C=O) groups is 2. The van der Waals surface area contributed by atoms with Crippen LogP contribution >= 0.6 is 0 Å². The fourth-order valence-electron chi connectivity index (χ4n) is 3.21. The van der Waals surface area contributed by atoms with Gasteiger partial charge in [-0.25, -0.2) is 4.39 Å². The molecule has 0 fully saturated rings. The summed E-state index contributed by atoms with van der Waals surface area (Å²) in [7, 11) is -1.61. The molecule has 174 valence electrons. The second-order valence-corrected chi connectivity index (χ2v) is 9.13. The third-order valence-corrected chi connectivity index (χ3v) is 6.65. The van der Waals surface area contributed by atoms with Crippen LogP contribution in [0.1, 0.15) is 31.1 Å². The lowest BCUT2D eigenvalue weighted by Crippen LogP contribution is -2.51. The fraction of sp³-hybridized carbons (Fsp3) is 0.474. The van der Waals surface area contributed by atoms with Crippen LogP contribution in [0.5, 0.6) is 0 Å². The molecule has 0 saturated heterocycles. The summed E-state index contributed by atoms with van der Waals surface area (Å²) in [6.07, 6.45) is -4.64. The SMILES string of the molecule is CC(NC(=O)C(C)S(=O)Cc1ccc(F)cc1)C(=O)N1CCn2c(nnc2C(F)(F)F)C1. The predicted molar refractivity (Wildman–Crippen MR) is 106 cm³/mol. The van der Waals surface area contributed by atoms with Crippen LogP contribution in [-0.2, 0) is 45.4 Å². The zero-order chi connectivity index (χ0) is 23.6. The van der Waals surface area contributed by atoms with Gasteiger partial charge in [0.15, 0.2) is 5.82 Å². The molecule has 3 unspecified atom stereocenters. The molecule has 2 aromatic rings. The normalized spacial score (nSPS) is 16.8. The Bertz CT molecular complexity index is 1020. The van der Waals surface area contributed by atoms with E-state index in [9.17, 15) is 31.4 Å². The summed E-state index contributed by atoms with van der Waals surface area (Å²) in [6.45, 7) is 2.60. The van der Waals surface area contributed by atoms with Crippen LogP contribution in [0.25, 0.3) is 0 Å². The molecule has 3 atom stereocenters. The van der Waals surface area contributed by atoms with Gasteiger partial charge in [0, 0.05) is 29.6 Å². The molecule has 0 radical (unpaired) electrons. The van der Waals surface area contributed by atoms with Gasteiger partial charge in [-0.05, 0) is 31.5 Å². The molecular formula is C19H21F4N5O3S. The molecule has 0 saturated carbocycles. The highest BCUT2D eigenvalue weighted by Crippen LogP contribution is 2.29. The van der Waals surface area contributed by atoms with E-state index in [1.54, 1.807) is 0 Å². The maximum absolute atomic E-state index is 13.0. The molecule has 8 nitrogen and oxygen atoms in total. The van der Waals surface area contributed by atoms with Crippen LogP contribution in [0.15, 0.2) is 24.3 Å². The third-order valence-electron chi connectivity index (χ3n) is 5.03. The molecule has 1 aliphatic heterocycles. The highest BCUT2D eigenvalue weighted by molar-refractivity contribution is 7.85. The van der Waals surface area contributed by atoms with Crippen LogP contribution in [0.2, 0.25) is 0 Å². The summed E-state index contributed by atoms with van der Waals surface area (Å²) in [5.74, 6) is -2.60. The minimum atomic E-state index is -4.64. The monoisotopic (exact) mass is 475 g/mol. The Morgan fingerprint density at radius 1 is 1.16 bits per heavy atom. The van der Waals surface area contributed by atoms with Gasteiger partial charge in [-0.15, -0.1) is 10.2 Å². The van der Waals surface area contributed by atoms with Gasteiger partial charge in [0.1, 0.15) is 17.1 Å². The summed E-state index contributed by atoms with van der Waals surface area (Å²) >= 11 is 0. The topological polar surface area (TPSA) is 97.2 Å². The first-order valence-corrected chi connectivity index (χ1v) is 11.1. The molecule has 13 heteroatoms. The summed E-state index contributed by atoms with van der Waals surface area (Å²) in [5.41, 5.74) is 0.601. The van der Waals surface area contributed by atoms with E-state index in [0.29, 0.717) is 5.56 Å². The van der Waals surface area contributed by atoms with Crippen molar-refractivity contribution in [2.45, 2.75) is 50.2 Å². The second-order valence-electron chi connectivity index (χ2n) is 7.37. The lowest BCUT2D eigenvalue weighted by molar-refractivity contribution is -0.148. The van der Waals surface area contributed by atoms with Crippen LogP contribution in [-0.4, -0.2) is 53.5 Å². The van der Waals surface area contributed by atoms with Gasteiger partial charge in [0.25, 0.3) is 0 Å². The van der Waals surface area contributed by atoms with Crippen LogP contribution in [0.4, 0.5) is 17.6 Å². The summed E-state index contributed by atoms with van der Waals surface area (Å²) in [6, 6.07) is 4.43. The standard InChI is InChI=1S/C19H21F4N5O3S/c1-11(24-16(29)12(2)32(31)10-13-3-5-14(20)6-4-13)17(30)27-7-8-28-15(9-27)25-26-18(28)19(21,22)23/h3-6,11-12H,7-10H2,1-2H3,(H,24,29). The quantitative estimate of drug-likeness (QED) is 0.641.